The van der Waals surface area contributed by atoms with Crippen molar-refractivity contribution in [3.63, 3.8) is 0 Å². The number of rotatable bonds is 6. The Morgan fingerprint density at radius 2 is 1.68 bits per heavy atom. The molecule has 1 saturated carbocycles. The standard InChI is InChI=1S/C25H21FO5/c1-30-22-8-3-2-7-19(22)23-20(24(27)28)14-21(23)25(29)31-18-6-4-5-16(13-18)15-9-11-17(26)12-10-15/h2-13,20-21,23H,14H2,1H3,(H,27,28). The maximum atomic E-state index is 13.2. The summed E-state index contributed by atoms with van der Waals surface area (Å²) in [6.45, 7) is 0. The summed E-state index contributed by atoms with van der Waals surface area (Å²) >= 11 is 0. The van der Waals surface area contributed by atoms with Gasteiger partial charge in [0.1, 0.15) is 17.3 Å². The number of aliphatic carboxylic acids is 1. The molecule has 3 atom stereocenters. The average Bonchev–Trinajstić information content (AvgIpc) is 2.74. The highest BCUT2D eigenvalue weighted by atomic mass is 19.1. The highest BCUT2D eigenvalue weighted by molar-refractivity contribution is 5.83. The fourth-order valence-corrected chi connectivity index (χ4v) is 4.10. The second kappa shape index (κ2) is 8.60. The van der Waals surface area contributed by atoms with Crippen molar-refractivity contribution in [1.82, 2.24) is 0 Å². The van der Waals surface area contributed by atoms with Crippen LogP contribution in [0.15, 0.2) is 72.8 Å². The van der Waals surface area contributed by atoms with Crippen molar-refractivity contribution in [2.24, 2.45) is 11.8 Å². The molecule has 4 rings (SSSR count). The monoisotopic (exact) mass is 420 g/mol. The minimum atomic E-state index is -0.946. The first-order valence-corrected chi connectivity index (χ1v) is 9.91. The zero-order valence-electron chi connectivity index (χ0n) is 16.8. The van der Waals surface area contributed by atoms with Crippen LogP contribution in [0.25, 0.3) is 11.1 Å². The number of ether oxygens (including phenoxy) is 2. The number of halogens is 1. The second-order valence-corrected chi connectivity index (χ2v) is 7.51. The summed E-state index contributed by atoms with van der Waals surface area (Å²) in [5, 5.41) is 9.58. The largest absolute Gasteiger partial charge is 0.496 e. The SMILES string of the molecule is COc1ccccc1C1C(C(=O)O)CC1C(=O)Oc1cccc(-c2ccc(F)cc2)c1. The van der Waals surface area contributed by atoms with Crippen LogP contribution in [0, 0.1) is 17.7 Å². The molecule has 6 heteroatoms. The summed E-state index contributed by atoms with van der Waals surface area (Å²) in [7, 11) is 1.52. The Morgan fingerprint density at radius 1 is 0.935 bits per heavy atom. The third-order valence-electron chi connectivity index (χ3n) is 5.72. The smallest absolute Gasteiger partial charge is 0.315 e. The minimum Gasteiger partial charge on any atom is -0.496 e. The molecule has 158 valence electrons. The summed E-state index contributed by atoms with van der Waals surface area (Å²) in [5.41, 5.74) is 2.26. The Bertz CT molecular complexity index is 1110. The van der Waals surface area contributed by atoms with Gasteiger partial charge < -0.3 is 14.6 Å². The van der Waals surface area contributed by atoms with Crippen LogP contribution in [0.2, 0.25) is 0 Å². The van der Waals surface area contributed by atoms with E-state index in [1.807, 2.05) is 6.07 Å². The molecule has 0 radical (unpaired) electrons. The molecule has 3 aromatic rings. The first-order valence-electron chi connectivity index (χ1n) is 9.91. The highest BCUT2D eigenvalue weighted by Gasteiger charge is 2.51. The molecule has 3 unspecified atom stereocenters. The van der Waals surface area contributed by atoms with Crippen LogP contribution in [-0.4, -0.2) is 24.2 Å². The predicted octanol–water partition coefficient (Wildman–Crippen LogP) is 4.91. The van der Waals surface area contributed by atoms with E-state index in [2.05, 4.69) is 0 Å². The molecule has 31 heavy (non-hydrogen) atoms. The number of carbonyl (C=O) groups excluding carboxylic acids is 1. The van der Waals surface area contributed by atoms with Crippen LogP contribution in [0.4, 0.5) is 4.39 Å². The molecule has 1 N–H and O–H groups in total. The van der Waals surface area contributed by atoms with Gasteiger partial charge in [0.25, 0.3) is 0 Å². The number of methoxy groups -OCH3 is 1. The van der Waals surface area contributed by atoms with Gasteiger partial charge in [0, 0.05) is 5.92 Å². The number of esters is 1. The van der Waals surface area contributed by atoms with E-state index in [1.165, 1.54) is 19.2 Å². The Hall–Kier alpha value is -3.67. The van der Waals surface area contributed by atoms with Crippen LogP contribution >= 0.6 is 0 Å². The first-order chi connectivity index (χ1) is 15.0. The van der Waals surface area contributed by atoms with Gasteiger partial charge in [0.2, 0.25) is 0 Å². The van der Waals surface area contributed by atoms with Crippen molar-refractivity contribution in [2.75, 3.05) is 7.11 Å². The van der Waals surface area contributed by atoms with Crippen molar-refractivity contribution < 1.29 is 28.6 Å². The molecule has 0 bridgehead atoms. The van der Waals surface area contributed by atoms with Gasteiger partial charge in [-0.15, -0.1) is 0 Å². The molecular formula is C25H21FO5. The number of hydrogen-bond acceptors (Lipinski definition) is 4. The molecule has 0 aliphatic heterocycles. The lowest BCUT2D eigenvalue weighted by Gasteiger charge is -2.41. The van der Waals surface area contributed by atoms with Gasteiger partial charge in [-0.05, 0) is 53.4 Å². The van der Waals surface area contributed by atoms with E-state index < -0.39 is 29.7 Å². The number of hydrogen-bond donors (Lipinski definition) is 1. The van der Waals surface area contributed by atoms with E-state index in [4.69, 9.17) is 9.47 Å². The van der Waals surface area contributed by atoms with E-state index in [0.29, 0.717) is 17.1 Å². The zero-order valence-corrected chi connectivity index (χ0v) is 16.8. The van der Waals surface area contributed by atoms with Gasteiger partial charge in [-0.2, -0.15) is 0 Å². The molecule has 0 aromatic heterocycles. The van der Waals surface area contributed by atoms with E-state index in [9.17, 15) is 19.1 Å². The predicted molar refractivity (Wildman–Crippen MR) is 112 cm³/mol. The quantitative estimate of drug-likeness (QED) is 0.453. The van der Waals surface area contributed by atoms with Crippen molar-refractivity contribution >= 4 is 11.9 Å². The fourth-order valence-electron chi connectivity index (χ4n) is 4.10. The molecule has 1 fully saturated rings. The van der Waals surface area contributed by atoms with E-state index in [1.54, 1.807) is 54.6 Å². The van der Waals surface area contributed by atoms with E-state index in [0.717, 1.165) is 11.1 Å². The number of carboxylic acids is 1. The third kappa shape index (κ3) is 4.14. The molecule has 0 spiro atoms. The van der Waals surface area contributed by atoms with Crippen LogP contribution < -0.4 is 9.47 Å². The Balaban J connectivity index is 1.56. The molecule has 1 aliphatic rings. The number of carboxylic acid groups (broad SMARTS) is 1. The van der Waals surface area contributed by atoms with Gasteiger partial charge in [0.15, 0.2) is 0 Å². The number of carbonyl (C=O) groups is 2. The molecule has 3 aromatic carbocycles. The van der Waals surface area contributed by atoms with Gasteiger partial charge in [-0.1, -0.05) is 42.5 Å². The summed E-state index contributed by atoms with van der Waals surface area (Å²) in [5.74, 6) is -2.65. The van der Waals surface area contributed by atoms with E-state index in [-0.39, 0.29) is 12.2 Å². The van der Waals surface area contributed by atoms with Gasteiger partial charge in [-0.25, -0.2) is 4.39 Å². The summed E-state index contributed by atoms with van der Waals surface area (Å²) in [6, 6.07) is 20.1. The van der Waals surface area contributed by atoms with Crippen molar-refractivity contribution in [2.45, 2.75) is 12.3 Å². The van der Waals surface area contributed by atoms with Crippen molar-refractivity contribution in [3.8, 4) is 22.6 Å². The zero-order chi connectivity index (χ0) is 22.0. The maximum absolute atomic E-state index is 13.2. The molecule has 1 aliphatic carbocycles. The highest BCUT2D eigenvalue weighted by Crippen LogP contribution is 2.51. The van der Waals surface area contributed by atoms with Gasteiger partial charge in [0.05, 0.1) is 18.9 Å². The maximum Gasteiger partial charge on any atom is 0.315 e. The van der Waals surface area contributed by atoms with Crippen molar-refractivity contribution in [3.05, 3.63) is 84.2 Å². The van der Waals surface area contributed by atoms with Crippen LogP contribution in [0.1, 0.15) is 17.9 Å². The first kappa shape index (κ1) is 20.6. The lowest BCUT2D eigenvalue weighted by Crippen LogP contribution is -2.45. The van der Waals surface area contributed by atoms with E-state index >= 15 is 0 Å². The molecule has 5 nitrogen and oxygen atoms in total. The van der Waals surface area contributed by atoms with Crippen LogP contribution in [0.5, 0.6) is 11.5 Å². The molecular weight excluding hydrogens is 399 g/mol. The lowest BCUT2D eigenvalue weighted by atomic mass is 9.61. The molecule has 0 saturated heterocycles. The Kier molecular flexibility index (Phi) is 5.71. The van der Waals surface area contributed by atoms with Gasteiger partial charge >= 0.3 is 11.9 Å². The molecule has 0 heterocycles. The van der Waals surface area contributed by atoms with Crippen LogP contribution in [0.3, 0.4) is 0 Å². The fraction of sp³-hybridized carbons (Fsp3) is 0.200. The minimum absolute atomic E-state index is 0.203. The van der Waals surface area contributed by atoms with Gasteiger partial charge in [-0.3, -0.25) is 9.59 Å². The Morgan fingerprint density at radius 3 is 2.39 bits per heavy atom. The summed E-state index contributed by atoms with van der Waals surface area (Å²) in [4.78, 5) is 24.6. The number of benzene rings is 3. The Labute approximate surface area is 179 Å². The lowest BCUT2D eigenvalue weighted by molar-refractivity contribution is -0.155. The topological polar surface area (TPSA) is 72.8 Å². The summed E-state index contributed by atoms with van der Waals surface area (Å²) < 4.78 is 24.2. The average molecular weight is 420 g/mol. The van der Waals surface area contributed by atoms with Crippen molar-refractivity contribution in [1.29, 1.82) is 0 Å². The second-order valence-electron chi connectivity index (χ2n) is 7.51. The van der Waals surface area contributed by atoms with Crippen LogP contribution in [-0.2, 0) is 9.59 Å². The normalized spacial score (nSPS) is 19.9. The molecule has 0 amide bonds. The summed E-state index contributed by atoms with van der Waals surface area (Å²) in [6.07, 6.45) is 0.203. The number of para-hydroxylation sites is 1. The third-order valence-corrected chi connectivity index (χ3v) is 5.72.